The molecule has 0 spiro atoms. The minimum atomic E-state index is -0.928. The summed E-state index contributed by atoms with van der Waals surface area (Å²) in [7, 11) is 0. The van der Waals surface area contributed by atoms with Gasteiger partial charge in [-0.1, -0.05) is 6.92 Å². The number of rotatable bonds is 1. The van der Waals surface area contributed by atoms with Crippen LogP contribution in [0.25, 0.3) is 0 Å². The second-order valence-corrected chi connectivity index (χ2v) is 4.21. The van der Waals surface area contributed by atoms with Gasteiger partial charge in [0.15, 0.2) is 0 Å². The van der Waals surface area contributed by atoms with Crippen LogP contribution >= 0.6 is 0 Å². The number of hydrogen-bond acceptors (Lipinski definition) is 3. The van der Waals surface area contributed by atoms with Crippen LogP contribution in [0, 0.1) is 6.92 Å². The van der Waals surface area contributed by atoms with Crippen LogP contribution in [0.1, 0.15) is 24.7 Å². The fourth-order valence-corrected chi connectivity index (χ4v) is 1.88. The minimum absolute atomic E-state index is 0.100. The summed E-state index contributed by atoms with van der Waals surface area (Å²) in [6.07, 6.45) is -0.253. The molecular weight excluding hydrogens is 220 g/mol. The molecule has 2 heterocycles. The number of pyridine rings is 1. The first-order valence-corrected chi connectivity index (χ1v) is 5.71. The van der Waals surface area contributed by atoms with Gasteiger partial charge in [-0.25, -0.2) is 4.79 Å². The Morgan fingerprint density at radius 3 is 3.06 bits per heavy atom. The van der Waals surface area contributed by atoms with Crippen molar-refractivity contribution in [3.8, 4) is 5.75 Å². The van der Waals surface area contributed by atoms with E-state index in [2.05, 4.69) is 4.98 Å². The van der Waals surface area contributed by atoms with Gasteiger partial charge in [-0.15, -0.1) is 0 Å². The SMILES string of the molecule is CC[C@@H]1CN(C(=O)O)Cc2nc(C)ccc2O1. The van der Waals surface area contributed by atoms with Crippen LogP contribution in [0.4, 0.5) is 4.79 Å². The Labute approximate surface area is 100 Å². The zero-order chi connectivity index (χ0) is 12.4. The van der Waals surface area contributed by atoms with Gasteiger partial charge in [-0.2, -0.15) is 0 Å². The second-order valence-electron chi connectivity index (χ2n) is 4.21. The lowest BCUT2D eigenvalue weighted by Gasteiger charge is -2.19. The molecule has 0 saturated heterocycles. The summed E-state index contributed by atoms with van der Waals surface area (Å²) in [4.78, 5) is 16.8. The number of fused-ring (bicyclic) bond motifs is 1. The van der Waals surface area contributed by atoms with Gasteiger partial charge in [0.05, 0.1) is 13.1 Å². The Bertz CT molecular complexity index is 434. The summed E-state index contributed by atoms with van der Waals surface area (Å²) in [5, 5.41) is 9.11. The second kappa shape index (κ2) is 4.61. The molecule has 1 aromatic rings. The minimum Gasteiger partial charge on any atom is -0.487 e. The first-order valence-electron chi connectivity index (χ1n) is 5.71. The average molecular weight is 236 g/mol. The van der Waals surface area contributed by atoms with Crippen LogP contribution in [0.5, 0.6) is 5.75 Å². The first kappa shape index (κ1) is 11.7. The summed E-state index contributed by atoms with van der Waals surface area (Å²) in [6.45, 7) is 4.55. The molecule has 0 bridgehead atoms. The van der Waals surface area contributed by atoms with E-state index in [0.29, 0.717) is 24.5 Å². The van der Waals surface area contributed by atoms with Crippen LogP contribution in [-0.2, 0) is 6.54 Å². The van der Waals surface area contributed by atoms with Crippen LogP contribution < -0.4 is 4.74 Å². The largest absolute Gasteiger partial charge is 0.487 e. The van der Waals surface area contributed by atoms with Crippen LogP contribution in [0.2, 0.25) is 0 Å². The fourth-order valence-electron chi connectivity index (χ4n) is 1.88. The molecule has 1 N–H and O–H groups in total. The van der Waals surface area contributed by atoms with Gasteiger partial charge < -0.3 is 9.84 Å². The molecule has 1 aromatic heterocycles. The van der Waals surface area contributed by atoms with Crippen molar-refractivity contribution in [1.29, 1.82) is 0 Å². The van der Waals surface area contributed by atoms with Crippen molar-refractivity contribution in [2.24, 2.45) is 0 Å². The van der Waals surface area contributed by atoms with E-state index < -0.39 is 6.09 Å². The topological polar surface area (TPSA) is 62.7 Å². The molecule has 17 heavy (non-hydrogen) atoms. The van der Waals surface area contributed by atoms with Gasteiger partial charge in [-0.05, 0) is 25.5 Å². The lowest BCUT2D eigenvalue weighted by atomic mass is 10.2. The molecule has 1 amide bonds. The number of carbonyl (C=O) groups is 1. The zero-order valence-corrected chi connectivity index (χ0v) is 10.0. The third kappa shape index (κ3) is 2.49. The van der Waals surface area contributed by atoms with E-state index in [-0.39, 0.29) is 6.10 Å². The Balaban J connectivity index is 2.35. The van der Waals surface area contributed by atoms with Crippen molar-refractivity contribution in [3.63, 3.8) is 0 Å². The Morgan fingerprint density at radius 1 is 1.65 bits per heavy atom. The van der Waals surface area contributed by atoms with Crippen LogP contribution in [0.15, 0.2) is 12.1 Å². The van der Waals surface area contributed by atoms with Crippen molar-refractivity contribution in [2.75, 3.05) is 6.54 Å². The van der Waals surface area contributed by atoms with Crippen molar-refractivity contribution in [1.82, 2.24) is 9.88 Å². The molecule has 2 rings (SSSR count). The summed E-state index contributed by atoms with van der Waals surface area (Å²) in [5.41, 5.74) is 1.57. The lowest BCUT2D eigenvalue weighted by Crippen LogP contribution is -2.36. The van der Waals surface area contributed by atoms with E-state index in [1.54, 1.807) is 0 Å². The van der Waals surface area contributed by atoms with Crippen molar-refractivity contribution >= 4 is 6.09 Å². The van der Waals surface area contributed by atoms with Gasteiger partial charge in [-0.3, -0.25) is 9.88 Å². The number of hydrogen-bond donors (Lipinski definition) is 1. The summed E-state index contributed by atoms with van der Waals surface area (Å²) in [5.74, 6) is 0.700. The Hall–Kier alpha value is -1.78. The molecule has 92 valence electrons. The molecule has 0 saturated carbocycles. The van der Waals surface area contributed by atoms with E-state index in [0.717, 1.165) is 12.1 Å². The van der Waals surface area contributed by atoms with Crippen molar-refractivity contribution in [3.05, 3.63) is 23.5 Å². The predicted octanol–water partition coefficient (Wildman–Crippen LogP) is 2.04. The lowest BCUT2D eigenvalue weighted by molar-refractivity contribution is 0.114. The highest BCUT2D eigenvalue weighted by atomic mass is 16.5. The monoisotopic (exact) mass is 236 g/mol. The molecule has 0 radical (unpaired) electrons. The van der Waals surface area contributed by atoms with E-state index in [9.17, 15) is 4.79 Å². The Morgan fingerprint density at radius 2 is 2.41 bits per heavy atom. The standard InChI is InChI=1S/C12H16N2O3/c1-3-9-6-14(12(15)16)7-10-11(17-9)5-4-8(2)13-10/h4-5,9H,3,6-7H2,1-2H3,(H,15,16)/t9-/m1/s1. The van der Waals surface area contributed by atoms with Crippen molar-refractivity contribution < 1.29 is 14.6 Å². The maximum Gasteiger partial charge on any atom is 0.407 e. The highest BCUT2D eigenvalue weighted by Gasteiger charge is 2.25. The fraction of sp³-hybridized carbons (Fsp3) is 0.500. The van der Waals surface area contributed by atoms with E-state index in [4.69, 9.17) is 9.84 Å². The van der Waals surface area contributed by atoms with Crippen molar-refractivity contribution in [2.45, 2.75) is 32.9 Å². The first-order chi connectivity index (χ1) is 8.10. The van der Waals surface area contributed by atoms with Gasteiger partial charge in [0, 0.05) is 5.69 Å². The highest BCUT2D eigenvalue weighted by molar-refractivity contribution is 5.65. The maximum absolute atomic E-state index is 11.1. The van der Waals surface area contributed by atoms with Crippen LogP contribution in [-0.4, -0.2) is 33.7 Å². The third-order valence-electron chi connectivity index (χ3n) is 2.86. The summed E-state index contributed by atoms with van der Waals surface area (Å²) < 4.78 is 5.77. The number of aromatic nitrogens is 1. The molecule has 0 unspecified atom stereocenters. The van der Waals surface area contributed by atoms with Gasteiger partial charge in [0.1, 0.15) is 17.5 Å². The molecule has 1 atom stereocenters. The summed E-state index contributed by atoms with van der Waals surface area (Å²) >= 11 is 0. The number of nitrogens with zero attached hydrogens (tertiary/aromatic N) is 2. The van der Waals surface area contributed by atoms with Crippen LogP contribution in [0.3, 0.4) is 0 Å². The van der Waals surface area contributed by atoms with E-state index >= 15 is 0 Å². The number of aryl methyl sites for hydroxylation is 1. The quantitative estimate of drug-likeness (QED) is 0.810. The molecule has 5 heteroatoms. The number of carboxylic acid groups (broad SMARTS) is 1. The predicted molar refractivity (Wildman–Crippen MR) is 62.1 cm³/mol. The molecule has 5 nitrogen and oxygen atoms in total. The molecule has 0 aliphatic carbocycles. The smallest absolute Gasteiger partial charge is 0.407 e. The number of amides is 1. The highest BCUT2D eigenvalue weighted by Crippen LogP contribution is 2.24. The molecule has 0 fully saturated rings. The van der Waals surface area contributed by atoms with Gasteiger partial charge in [0.2, 0.25) is 0 Å². The number of ether oxygens (including phenoxy) is 1. The molecular formula is C12H16N2O3. The average Bonchev–Trinajstić information content (AvgIpc) is 2.47. The Kier molecular flexibility index (Phi) is 3.17. The molecule has 0 aromatic carbocycles. The van der Waals surface area contributed by atoms with Gasteiger partial charge >= 0.3 is 6.09 Å². The molecule has 1 aliphatic rings. The van der Waals surface area contributed by atoms with E-state index in [1.807, 2.05) is 26.0 Å². The third-order valence-corrected chi connectivity index (χ3v) is 2.86. The zero-order valence-electron chi connectivity index (χ0n) is 10.0. The maximum atomic E-state index is 11.1. The molecule has 1 aliphatic heterocycles. The summed E-state index contributed by atoms with van der Waals surface area (Å²) in [6, 6.07) is 3.74. The van der Waals surface area contributed by atoms with Gasteiger partial charge in [0.25, 0.3) is 0 Å². The normalized spacial score (nSPS) is 19.2. The van der Waals surface area contributed by atoms with E-state index in [1.165, 1.54) is 4.90 Å².